The van der Waals surface area contributed by atoms with Crippen molar-refractivity contribution in [1.82, 2.24) is 14.6 Å². The lowest BCUT2D eigenvalue weighted by molar-refractivity contribution is 0.176. The maximum Gasteiger partial charge on any atom is 0.232 e. The Morgan fingerprint density at radius 3 is 2.70 bits per heavy atom. The van der Waals surface area contributed by atoms with Crippen LogP contribution >= 0.6 is 0 Å². The van der Waals surface area contributed by atoms with Crippen LogP contribution in [0.3, 0.4) is 0 Å². The fraction of sp³-hybridized carbons (Fsp3) is 0.429. The standard InChI is InChI=1S/C21H25N5O/c1-14-5-4-12-25(14)21-24-23-20-11-8-15(13-26(20)21)27-19-10-9-18(22)16-6-2-3-7-17(16)19/h2-3,6-8,11,13-14,18-19H,4-5,9-10,12,22H2,1H3/t14-,18-,19+/m0/s1. The Balaban J connectivity index is 1.47. The Morgan fingerprint density at radius 2 is 1.89 bits per heavy atom. The Labute approximate surface area is 159 Å². The molecule has 1 aromatic carbocycles. The van der Waals surface area contributed by atoms with E-state index in [2.05, 4.69) is 44.6 Å². The van der Waals surface area contributed by atoms with E-state index in [1.807, 2.05) is 24.4 Å². The maximum atomic E-state index is 6.40. The summed E-state index contributed by atoms with van der Waals surface area (Å²) in [5, 5.41) is 8.76. The van der Waals surface area contributed by atoms with E-state index in [1.54, 1.807) is 0 Å². The van der Waals surface area contributed by atoms with Gasteiger partial charge in [-0.05, 0) is 55.9 Å². The summed E-state index contributed by atoms with van der Waals surface area (Å²) in [6.07, 6.45) is 6.31. The number of hydrogen-bond acceptors (Lipinski definition) is 5. The third-order valence-electron chi connectivity index (χ3n) is 5.93. The van der Waals surface area contributed by atoms with Crippen molar-refractivity contribution in [2.45, 2.75) is 50.8 Å². The van der Waals surface area contributed by atoms with Gasteiger partial charge in [0.15, 0.2) is 5.65 Å². The summed E-state index contributed by atoms with van der Waals surface area (Å²) in [5.41, 5.74) is 9.54. The zero-order valence-electron chi connectivity index (χ0n) is 15.6. The van der Waals surface area contributed by atoms with Gasteiger partial charge in [-0.2, -0.15) is 0 Å². The predicted molar refractivity (Wildman–Crippen MR) is 105 cm³/mol. The molecule has 0 amide bonds. The van der Waals surface area contributed by atoms with Crippen molar-refractivity contribution in [3.8, 4) is 5.75 Å². The molecule has 2 aromatic heterocycles. The third-order valence-corrected chi connectivity index (χ3v) is 5.93. The number of benzene rings is 1. The quantitative estimate of drug-likeness (QED) is 0.769. The summed E-state index contributed by atoms with van der Waals surface area (Å²) in [5.74, 6) is 1.75. The maximum absolute atomic E-state index is 6.40. The molecule has 3 atom stereocenters. The van der Waals surface area contributed by atoms with Crippen molar-refractivity contribution < 1.29 is 4.74 Å². The molecule has 140 valence electrons. The van der Waals surface area contributed by atoms with Gasteiger partial charge in [0.1, 0.15) is 11.9 Å². The fourth-order valence-corrected chi connectivity index (χ4v) is 4.43. The number of ether oxygens (including phenoxy) is 1. The van der Waals surface area contributed by atoms with Gasteiger partial charge in [0.2, 0.25) is 5.95 Å². The molecule has 2 N–H and O–H groups in total. The number of nitrogens with two attached hydrogens (primary N) is 1. The minimum absolute atomic E-state index is 0.0316. The van der Waals surface area contributed by atoms with Gasteiger partial charge < -0.3 is 15.4 Å². The first kappa shape index (κ1) is 16.6. The van der Waals surface area contributed by atoms with Crippen molar-refractivity contribution >= 4 is 11.6 Å². The second kappa shape index (κ2) is 6.53. The highest BCUT2D eigenvalue weighted by atomic mass is 16.5. The molecule has 0 spiro atoms. The van der Waals surface area contributed by atoms with E-state index in [1.165, 1.54) is 24.0 Å². The van der Waals surface area contributed by atoms with Gasteiger partial charge in [-0.1, -0.05) is 24.3 Å². The Hall–Kier alpha value is -2.60. The highest BCUT2D eigenvalue weighted by Crippen LogP contribution is 2.37. The van der Waals surface area contributed by atoms with Crippen LogP contribution in [-0.4, -0.2) is 27.2 Å². The van der Waals surface area contributed by atoms with Crippen LogP contribution in [-0.2, 0) is 0 Å². The Morgan fingerprint density at radius 1 is 1.04 bits per heavy atom. The summed E-state index contributed by atoms with van der Waals surface area (Å²) >= 11 is 0. The lowest BCUT2D eigenvalue weighted by atomic mass is 9.86. The van der Waals surface area contributed by atoms with Crippen LogP contribution in [0.4, 0.5) is 5.95 Å². The van der Waals surface area contributed by atoms with Gasteiger partial charge in [0.25, 0.3) is 0 Å². The predicted octanol–water partition coefficient (Wildman–Crippen LogP) is 3.63. The van der Waals surface area contributed by atoms with Crippen LogP contribution in [0.1, 0.15) is 55.9 Å². The van der Waals surface area contributed by atoms with Gasteiger partial charge >= 0.3 is 0 Å². The molecule has 5 rings (SSSR count). The molecular weight excluding hydrogens is 338 g/mol. The van der Waals surface area contributed by atoms with Gasteiger partial charge in [-0.15, -0.1) is 10.2 Å². The van der Waals surface area contributed by atoms with Crippen LogP contribution in [0.2, 0.25) is 0 Å². The summed E-state index contributed by atoms with van der Waals surface area (Å²) in [4.78, 5) is 2.33. The molecule has 0 radical (unpaired) electrons. The molecule has 3 heterocycles. The molecule has 1 fully saturated rings. The molecule has 3 aromatic rings. The first-order valence-electron chi connectivity index (χ1n) is 9.83. The largest absolute Gasteiger partial charge is 0.484 e. The number of hydrogen-bond donors (Lipinski definition) is 1. The van der Waals surface area contributed by atoms with Crippen LogP contribution in [0.15, 0.2) is 42.6 Å². The van der Waals surface area contributed by atoms with Crippen LogP contribution in [0.5, 0.6) is 5.75 Å². The first-order valence-corrected chi connectivity index (χ1v) is 9.83. The Bertz CT molecular complexity index is 968. The number of fused-ring (bicyclic) bond motifs is 2. The second-order valence-electron chi connectivity index (χ2n) is 7.70. The molecule has 0 bridgehead atoms. The molecule has 6 heteroatoms. The Kier molecular flexibility index (Phi) is 4.01. The molecule has 1 aliphatic heterocycles. The van der Waals surface area contributed by atoms with E-state index in [0.29, 0.717) is 6.04 Å². The van der Waals surface area contributed by atoms with E-state index in [9.17, 15) is 0 Å². The van der Waals surface area contributed by atoms with E-state index in [-0.39, 0.29) is 12.1 Å². The molecule has 1 saturated heterocycles. The van der Waals surface area contributed by atoms with Gasteiger partial charge in [0.05, 0.1) is 6.20 Å². The summed E-state index contributed by atoms with van der Waals surface area (Å²) < 4.78 is 8.45. The number of rotatable bonds is 3. The third kappa shape index (κ3) is 2.84. The number of nitrogens with zero attached hydrogens (tertiary/aromatic N) is 4. The second-order valence-corrected chi connectivity index (χ2v) is 7.70. The highest BCUT2D eigenvalue weighted by molar-refractivity contribution is 5.50. The van der Waals surface area contributed by atoms with Crippen molar-refractivity contribution in [3.63, 3.8) is 0 Å². The first-order chi connectivity index (χ1) is 13.2. The summed E-state index contributed by atoms with van der Waals surface area (Å²) in [6, 6.07) is 12.9. The average molecular weight is 363 g/mol. The molecule has 27 heavy (non-hydrogen) atoms. The average Bonchev–Trinajstić information content (AvgIpc) is 3.29. The zero-order valence-corrected chi connectivity index (χ0v) is 15.6. The summed E-state index contributed by atoms with van der Waals surface area (Å²) in [7, 11) is 0. The smallest absolute Gasteiger partial charge is 0.232 e. The normalized spacial score (nSPS) is 25.0. The van der Waals surface area contributed by atoms with Gasteiger partial charge in [-0.3, -0.25) is 4.40 Å². The van der Waals surface area contributed by atoms with Crippen molar-refractivity contribution in [3.05, 3.63) is 53.7 Å². The van der Waals surface area contributed by atoms with Crippen LogP contribution < -0.4 is 15.4 Å². The minimum Gasteiger partial charge on any atom is -0.484 e. The SMILES string of the molecule is C[C@H]1CCCN1c1nnc2ccc(O[C@@H]3CC[C@H](N)c4ccccc43)cn12. The van der Waals surface area contributed by atoms with Crippen LogP contribution in [0.25, 0.3) is 5.65 Å². The van der Waals surface area contributed by atoms with E-state index < -0.39 is 0 Å². The number of pyridine rings is 1. The number of anilines is 1. The molecule has 2 aliphatic rings. The van der Waals surface area contributed by atoms with Crippen molar-refractivity contribution in [1.29, 1.82) is 0 Å². The van der Waals surface area contributed by atoms with Crippen LogP contribution in [0, 0.1) is 0 Å². The molecule has 0 unspecified atom stereocenters. The fourth-order valence-electron chi connectivity index (χ4n) is 4.43. The zero-order chi connectivity index (χ0) is 18.4. The topological polar surface area (TPSA) is 68.7 Å². The van der Waals surface area contributed by atoms with Gasteiger partial charge in [0, 0.05) is 18.6 Å². The highest BCUT2D eigenvalue weighted by Gasteiger charge is 2.27. The molecule has 0 saturated carbocycles. The molecule has 6 nitrogen and oxygen atoms in total. The minimum atomic E-state index is 0.0316. The monoisotopic (exact) mass is 363 g/mol. The number of aromatic nitrogens is 3. The lowest BCUT2D eigenvalue weighted by Gasteiger charge is -2.30. The molecule has 1 aliphatic carbocycles. The molecular formula is C21H25N5O. The van der Waals surface area contributed by atoms with Crippen molar-refractivity contribution in [2.75, 3.05) is 11.4 Å². The summed E-state index contributed by atoms with van der Waals surface area (Å²) in [6.45, 7) is 3.28. The van der Waals surface area contributed by atoms with Crippen molar-refractivity contribution in [2.24, 2.45) is 5.73 Å². The van der Waals surface area contributed by atoms with E-state index >= 15 is 0 Å². The lowest BCUT2D eigenvalue weighted by Crippen LogP contribution is -2.28. The van der Waals surface area contributed by atoms with Gasteiger partial charge in [-0.25, -0.2) is 0 Å². The van der Waals surface area contributed by atoms with E-state index in [0.717, 1.165) is 36.7 Å². The van der Waals surface area contributed by atoms with E-state index in [4.69, 9.17) is 10.5 Å².